The molecule has 0 amide bonds. The molecule has 0 saturated carbocycles. The van der Waals surface area contributed by atoms with Crippen LogP contribution >= 0.6 is 31.9 Å². The number of hydrogen-bond donors (Lipinski definition) is 0. The number of rotatable bonds is 6. The van der Waals surface area contributed by atoms with Gasteiger partial charge >= 0.3 is 98.1 Å². The van der Waals surface area contributed by atoms with Crippen molar-refractivity contribution < 1.29 is 0 Å². The van der Waals surface area contributed by atoms with Crippen molar-refractivity contribution in [1.82, 2.24) is 0 Å². The van der Waals surface area contributed by atoms with E-state index in [4.69, 9.17) is 0 Å². The van der Waals surface area contributed by atoms with E-state index in [9.17, 15) is 0 Å². The molecule has 0 saturated heterocycles. The van der Waals surface area contributed by atoms with Gasteiger partial charge in [0.2, 0.25) is 0 Å². The average Bonchev–Trinajstić information content (AvgIpc) is 2.04. The van der Waals surface area contributed by atoms with Crippen molar-refractivity contribution in [3.63, 3.8) is 0 Å². The Balaban J connectivity index is 3.13. The fourth-order valence-corrected chi connectivity index (χ4v) is 6.26. The normalized spacial score (nSPS) is 16.4. The zero-order valence-electron chi connectivity index (χ0n) is 7.15. The van der Waals surface area contributed by atoms with Crippen LogP contribution in [0.1, 0.15) is 26.7 Å². The Morgan fingerprint density at radius 2 is 1.36 bits per heavy atom. The van der Waals surface area contributed by atoms with E-state index in [1.165, 1.54) is 21.8 Å². The summed E-state index contributed by atoms with van der Waals surface area (Å²) in [6.45, 7) is 4.50. The van der Waals surface area contributed by atoms with Gasteiger partial charge in [0.1, 0.15) is 0 Å². The third-order valence-corrected chi connectivity index (χ3v) is 9.73. The number of hydrogen-bond acceptors (Lipinski definition) is 0. The first-order valence-electron chi connectivity index (χ1n) is 4.06. The minimum absolute atomic E-state index is 0.274. The first-order valence-corrected chi connectivity index (χ1v) is 9.19. The molecule has 1 radical (unpaired) electrons. The van der Waals surface area contributed by atoms with Gasteiger partial charge in [-0.1, -0.05) is 0 Å². The van der Waals surface area contributed by atoms with Gasteiger partial charge in [0.05, 0.1) is 0 Å². The monoisotopic (exact) mass is 400 g/mol. The van der Waals surface area contributed by atoms with Crippen molar-refractivity contribution in [3.8, 4) is 0 Å². The second-order valence-electron chi connectivity index (χ2n) is 2.55. The Morgan fingerprint density at radius 3 is 1.64 bits per heavy atom. The molecule has 0 nitrogen and oxygen atoms in total. The Hall–Kier alpha value is 1.75. The molecule has 0 heterocycles. The summed E-state index contributed by atoms with van der Waals surface area (Å²) in [6, 6.07) is 0. The fraction of sp³-hybridized carbons (Fsp3) is 1.00. The van der Waals surface area contributed by atoms with Crippen molar-refractivity contribution in [2.75, 3.05) is 0 Å². The molecule has 0 fully saturated rings. The van der Waals surface area contributed by atoms with Crippen LogP contribution in [0.3, 0.4) is 0 Å². The predicted octanol–water partition coefficient (Wildman–Crippen LogP) is 3.87. The predicted molar refractivity (Wildman–Crippen MR) is 61.4 cm³/mol. The van der Waals surface area contributed by atoms with E-state index in [-0.39, 0.29) is 20.9 Å². The molecule has 0 spiro atoms. The van der Waals surface area contributed by atoms with Crippen LogP contribution in [0.2, 0.25) is 8.94 Å². The van der Waals surface area contributed by atoms with Gasteiger partial charge in [-0.25, -0.2) is 0 Å². The minimum atomic E-state index is 0.274. The molecule has 0 aliphatic carbocycles. The Kier molecular flexibility index (Phi) is 9.68. The van der Waals surface area contributed by atoms with Gasteiger partial charge in [0, 0.05) is 0 Å². The van der Waals surface area contributed by atoms with Gasteiger partial charge in [0.25, 0.3) is 0 Å². The second kappa shape index (κ2) is 8.35. The quantitative estimate of drug-likeness (QED) is 0.470. The van der Waals surface area contributed by atoms with Crippen LogP contribution in [0.5, 0.6) is 0 Å². The summed E-state index contributed by atoms with van der Waals surface area (Å²) in [5.41, 5.74) is 0. The molecule has 0 rings (SSSR count). The summed E-state index contributed by atoms with van der Waals surface area (Å²) < 4.78 is 2.90. The van der Waals surface area contributed by atoms with E-state index in [1.54, 1.807) is 0 Å². The fourth-order valence-electron chi connectivity index (χ4n) is 0.559. The maximum absolute atomic E-state index is 3.67. The first-order chi connectivity index (χ1) is 5.20. The van der Waals surface area contributed by atoms with Crippen molar-refractivity contribution in [1.29, 1.82) is 0 Å². The van der Waals surface area contributed by atoms with Crippen LogP contribution in [0.25, 0.3) is 0 Å². The van der Waals surface area contributed by atoms with Crippen molar-refractivity contribution >= 4 is 52.8 Å². The van der Waals surface area contributed by atoms with Crippen molar-refractivity contribution in [2.24, 2.45) is 0 Å². The van der Waals surface area contributed by atoms with Crippen molar-refractivity contribution in [3.05, 3.63) is 0 Å². The van der Waals surface area contributed by atoms with E-state index < -0.39 is 0 Å². The van der Waals surface area contributed by atoms with Crippen LogP contribution < -0.4 is 0 Å². The summed E-state index contributed by atoms with van der Waals surface area (Å²) in [5.74, 6) is 0. The first kappa shape index (κ1) is 12.7. The SMILES string of the molecule is CCC(Br)C[Te+]CC(Br)CC. The number of halogens is 2. The van der Waals surface area contributed by atoms with Gasteiger partial charge < -0.3 is 0 Å². The third kappa shape index (κ3) is 8.09. The van der Waals surface area contributed by atoms with Gasteiger partial charge in [-0.05, 0) is 0 Å². The van der Waals surface area contributed by atoms with Crippen molar-refractivity contribution in [2.45, 2.75) is 45.3 Å². The van der Waals surface area contributed by atoms with E-state index in [2.05, 4.69) is 45.7 Å². The van der Waals surface area contributed by atoms with Crippen LogP contribution in [-0.2, 0) is 0 Å². The van der Waals surface area contributed by atoms with Gasteiger partial charge in [-0.2, -0.15) is 0 Å². The molecule has 11 heavy (non-hydrogen) atoms. The summed E-state index contributed by atoms with van der Waals surface area (Å²) >= 11 is 7.61. The van der Waals surface area contributed by atoms with Gasteiger partial charge in [0.15, 0.2) is 0 Å². The molecule has 67 valence electrons. The van der Waals surface area contributed by atoms with Crippen LogP contribution in [-0.4, -0.2) is 30.6 Å². The zero-order valence-corrected chi connectivity index (χ0v) is 12.6. The molecule has 0 aliphatic heterocycles. The van der Waals surface area contributed by atoms with E-state index in [0.717, 1.165) is 9.65 Å². The maximum atomic E-state index is 3.67. The third-order valence-electron chi connectivity index (χ3n) is 1.48. The molecule has 0 aromatic heterocycles. The standard InChI is InChI=1S/C8H16Br2Te/c1-3-7(9)5-11-6-8(10)4-2/h7-8H,3-6H2,1-2H3/q+1. The molecule has 3 heteroatoms. The van der Waals surface area contributed by atoms with E-state index in [1.807, 2.05) is 0 Å². The summed E-state index contributed by atoms with van der Waals surface area (Å²) in [5, 5.41) is 0. The van der Waals surface area contributed by atoms with Gasteiger partial charge in [-0.15, -0.1) is 0 Å². The Morgan fingerprint density at radius 1 is 1.00 bits per heavy atom. The molecular formula is C8H16Br2Te+. The Bertz CT molecular complexity index is 78.2. The molecule has 2 atom stereocenters. The number of alkyl halides is 2. The molecular weight excluding hydrogens is 383 g/mol. The second-order valence-corrected chi connectivity index (χ2v) is 8.21. The van der Waals surface area contributed by atoms with Crippen LogP contribution in [0.4, 0.5) is 0 Å². The van der Waals surface area contributed by atoms with E-state index >= 15 is 0 Å². The molecule has 0 N–H and O–H groups in total. The summed E-state index contributed by atoms with van der Waals surface area (Å²) in [4.78, 5) is 1.59. The average molecular weight is 400 g/mol. The molecule has 0 aromatic carbocycles. The summed E-state index contributed by atoms with van der Waals surface area (Å²) in [6.07, 6.45) is 2.56. The molecule has 0 aliphatic rings. The van der Waals surface area contributed by atoms with E-state index in [0.29, 0.717) is 0 Å². The topological polar surface area (TPSA) is 0 Å². The molecule has 0 aromatic rings. The van der Waals surface area contributed by atoms with Crippen LogP contribution in [0.15, 0.2) is 0 Å². The molecule has 2 unspecified atom stereocenters. The van der Waals surface area contributed by atoms with Crippen LogP contribution in [0, 0.1) is 0 Å². The molecule has 0 bridgehead atoms. The Labute approximate surface area is 97.2 Å². The zero-order chi connectivity index (χ0) is 8.69. The summed E-state index contributed by atoms with van der Waals surface area (Å²) in [7, 11) is 0. The van der Waals surface area contributed by atoms with Gasteiger partial charge in [-0.3, -0.25) is 0 Å².